The topological polar surface area (TPSA) is 94.5 Å². The maximum absolute atomic E-state index is 14.4. The lowest BCUT2D eigenvalue weighted by atomic mass is 10.0. The van der Waals surface area contributed by atoms with Gasteiger partial charge in [-0.3, -0.25) is 19.2 Å². The lowest BCUT2D eigenvalue weighted by Crippen LogP contribution is -2.33. The molecule has 7 aromatic rings. The highest BCUT2D eigenvalue weighted by Crippen LogP contribution is 2.43. The van der Waals surface area contributed by atoms with Gasteiger partial charge >= 0.3 is 11.9 Å². The molecule has 0 radical (unpaired) electrons. The van der Waals surface area contributed by atoms with Gasteiger partial charge < -0.3 is 9.47 Å². The molecule has 0 saturated heterocycles. The van der Waals surface area contributed by atoms with E-state index in [1.807, 2.05) is 98.0 Å². The van der Waals surface area contributed by atoms with Crippen molar-refractivity contribution in [1.29, 1.82) is 0 Å². The number of rotatable bonds is 18. The van der Waals surface area contributed by atoms with E-state index in [4.69, 9.17) is 9.47 Å². The third-order valence-electron chi connectivity index (χ3n) is 10.4. The number of esters is 2. The third-order valence-corrected chi connectivity index (χ3v) is 16.5. The van der Waals surface area contributed by atoms with E-state index in [0.717, 1.165) is 62.1 Å². The molecule has 4 heterocycles. The summed E-state index contributed by atoms with van der Waals surface area (Å²) in [5, 5.41) is 0. The SMILES string of the molecule is CCOC(=O)Cc1c(C(=O)c2ccc(Br)cc2)sc(SCc2ccccc2CSc2sc(C(=O)c3ccc(Br)cc3)c(CC(=O)OCC)c2-[n+]2cc(C)cc(C)c2)c1-[n+]1cc(C)cc(C)c1. The van der Waals surface area contributed by atoms with Crippen molar-refractivity contribution in [2.24, 2.45) is 0 Å². The predicted molar refractivity (Wildman–Crippen MR) is 272 cm³/mol. The van der Waals surface area contributed by atoms with Crippen LogP contribution in [0.3, 0.4) is 0 Å². The van der Waals surface area contributed by atoms with Crippen molar-refractivity contribution < 1.29 is 37.8 Å². The van der Waals surface area contributed by atoms with Gasteiger partial charge in [-0.15, -0.1) is 46.2 Å². The summed E-state index contributed by atoms with van der Waals surface area (Å²) < 4.78 is 18.6. The number of hydrogen-bond donors (Lipinski definition) is 0. The molecule has 14 heteroatoms. The average Bonchev–Trinajstić information content (AvgIpc) is 3.82. The van der Waals surface area contributed by atoms with Crippen LogP contribution in [0.1, 0.15) is 88.8 Å². The van der Waals surface area contributed by atoms with E-state index >= 15 is 0 Å². The zero-order valence-electron chi connectivity index (χ0n) is 37.4. The Morgan fingerprint density at radius 3 is 1.23 bits per heavy atom. The van der Waals surface area contributed by atoms with Crippen LogP contribution in [0.4, 0.5) is 0 Å². The van der Waals surface area contributed by atoms with Crippen LogP contribution < -0.4 is 9.13 Å². The zero-order chi connectivity index (χ0) is 47.1. The van der Waals surface area contributed by atoms with Gasteiger partial charge in [0.2, 0.25) is 22.9 Å². The minimum absolute atomic E-state index is 0.0584. The Bertz CT molecular complexity index is 2710. The maximum Gasteiger partial charge on any atom is 0.310 e. The van der Waals surface area contributed by atoms with Crippen LogP contribution in [0, 0.1) is 27.7 Å². The number of thioether (sulfide) groups is 2. The van der Waals surface area contributed by atoms with E-state index in [1.54, 1.807) is 61.6 Å². The van der Waals surface area contributed by atoms with E-state index in [1.165, 1.54) is 22.7 Å². The summed E-state index contributed by atoms with van der Waals surface area (Å²) >= 11 is 13.1. The monoisotopic (exact) mass is 1080 g/mol. The number of nitrogens with zero attached hydrogens (tertiary/aromatic N) is 2. The highest BCUT2D eigenvalue weighted by atomic mass is 79.9. The Morgan fingerprint density at radius 1 is 0.545 bits per heavy atom. The summed E-state index contributed by atoms with van der Waals surface area (Å²) in [6.45, 7) is 12.2. The first kappa shape index (κ1) is 49.2. The number of ether oxygens (including phenoxy) is 2. The number of pyridine rings is 2. The van der Waals surface area contributed by atoms with Gasteiger partial charge in [-0.1, -0.05) is 56.1 Å². The summed E-state index contributed by atoms with van der Waals surface area (Å²) in [7, 11) is 0. The van der Waals surface area contributed by atoms with Gasteiger partial charge in [-0.2, -0.15) is 9.13 Å². The first-order chi connectivity index (χ1) is 31.7. The molecule has 66 heavy (non-hydrogen) atoms. The van der Waals surface area contributed by atoms with Crippen molar-refractivity contribution >= 4 is 102 Å². The summed E-state index contributed by atoms with van der Waals surface area (Å²) in [4.78, 5) is 56.3. The van der Waals surface area contributed by atoms with E-state index < -0.39 is 11.9 Å². The highest BCUT2D eigenvalue weighted by molar-refractivity contribution is 9.10. The van der Waals surface area contributed by atoms with Crippen LogP contribution in [0.2, 0.25) is 0 Å². The second-order valence-corrected chi connectivity index (χ2v) is 22.0. The molecular formula is C52H48Br2N2O6S4+2. The number of aryl methyl sites for hydroxylation is 4. The second-order valence-electron chi connectivity index (χ2n) is 15.7. The fraction of sp³-hybridized carbons (Fsp3) is 0.231. The molecule has 0 atom stereocenters. The molecule has 0 fully saturated rings. The third kappa shape index (κ3) is 11.9. The zero-order valence-corrected chi connectivity index (χ0v) is 43.8. The normalized spacial score (nSPS) is 11.2. The minimum atomic E-state index is -0.399. The first-order valence-electron chi connectivity index (χ1n) is 21.3. The molecule has 0 unspecified atom stereocenters. The average molecular weight is 1090 g/mol. The largest absolute Gasteiger partial charge is 0.466 e. The fourth-order valence-corrected chi connectivity index (χ4v) is 13.4. The Kier molecular flexibility index (Phi) is 16.7. The van der Waals surface area contributed by atoms with E-state index in [0.29, 0.717) is 43.5 Å². The molecule has 0 amide bonds. The van der Waals surface area contributed by atoms with Gasteiger partial charge in [0.1, 0.15) is 8.42 Å². The Hall–Kier alpha value is -4.70. The van der Waals surface area contributed by atoms with Gasteiger partial charge in [0.25, 0.3) is 0 Å². The summed E-state index contributed by atoms with van der Waals surface area (Å²) in [5.41, 5.74) is 10.3. The van der Waals surface area contributed by atoms with Gasteiger partial charge in [0, 0.05) is 53.8 Å². The first-order valence-corrected chi connectivity index (χ1v) is 26.5. The van der Waals surface area contributed by atoms with E-state index in [9.17, 15) is 19.2 Å². The molecule has 0 aliphatic carbocycles. The Labute approximate surface area is 419 Å². The molecule has 0 saturated carbocycles. The van der Waals surface area contributed by atoms with Crippen LogP contribution >= 0.6 is 78.1 Å². The molecule has 3 aromatic carbocycles. The molecule has 338 valence electrons. The molecule has 0 N–H and O–H groups in total. The number of aromatic nitrogens is 2. The van der Waals surface area contributed by atoms with E-state index in [-0.39, 0.29) is 37.6 Å². The van der Waals surface area contributed by atoms with Crippen molar-refractivity contribution in [1.82, 2.24) is 0 Å². The number of carbonyl (C=O) groups excluding carboxylic acids is 4. The number of ketones is 2. The Balaban J connectivity index is 1.29. The molecular weight excluding hydrogens is 1040 g/mol. The lowest BCUT2D eigenvalue weighted by Gasteiger charge is -2.10. The van der Waals surface area contributed by atoms with Gasteiger partial charge in [-0.05, 0) is 113 Å². The maximum atomic E-state index is 14.4. The number of hydrogen-bond acceptors (Lipinski definition) is 10. The van der Waals surface area contributed by atoms with Gasteiger partial charge in [0.05, 0.1) is 46.9 Å². The van der Waals surface area contributed by atoms with Crippen LogP contribution in [-0.4, -0.2) is 36.7 Å². The predicted octanol–water partition coefficient (Wildman–Crippen LogP) is 12.4. The van der Waals surface area contributed by atoms with Crippen molar-refractivity contribution in [2.75, 3.05) is 13.2 Å². The van der Waals surface area contributed by atoms with Crippen LogP contribution in [0.5, 0.6) is 0 Å². The number of halogens is 2. The molecule has 7 rings (SSSR count). The summed E-state index contributed by atoms with van der Waals surface area (Å²) in [5.74, 6) is 0.0370. The highest BCUT2D eigenvalue weighted by Gasteiger charge is 2.34. The van der Waals surface area contributed by atoms with Gasteiger partial charge in [-0.25, -0.2) is 0 Å². The smallest absolute Gasteiger partial charge is 0.310 e. The number of thiophene rings is 2. The molecule has 0 aliphatic heterocycles. The minimum Gasteiger partial charge on any atom is -0.466 e. The van der Waals surface area contributed by atoms with Crippen molar-refractivity contribution in [3.63, 3.8) is 0 Å². The van der Waals surface area contributed by atoms with E-state index in [2.05, 4.69) is 56.1 Å². The van der Waals surface area contributed by atoms with Crippen LogP contribution in [0.25, 0.3) is 11.4 Å². The van der Waals surface area contributed by atoms with Crippen molar-refractivity contribution in [3.8, 4) is 11.4 Å². The molecule has 0 bridgehead atoms. The summed E-state index contributed by atoms with van der Waals surface area (Å²) in [6.07, 6.45) is 8.01. The Morgan fingerprint density at radius 2 is 0.894 bits per heavy atom. The lowest BCUT2D eigenvalue weighted by molar-refractivity contribution is -0.599. The number of carbonyl (C=O) groups is 4. The van der Waals surface area contributed by atoms with Crippen molar-refractivity contribution in [2.45, 2.75) is 74.3 Å². The summed E-state index contributed by atoms with van der Waals surface area (Å²) in [6, 6.07) is 27.0. The molecule has 4 aromatic heterocycles. The fourth-order valence-electron chi connectivity index (χ4n) is 7.66. The second kappa shape index (κ2) is 22.4. The standard InChI is InChI=1S/C52H48Br2N2O6S4/c1-7-61-43(57)23-41-45(55-25-31(3)21-32(4)26-55)51(65-49(41)47(59)35-13-17-39(53)18-14-35)63-29-37-11-9-10-12-38(37)30-64-52-46(56-27-33(5)22-34(6)28-56)42(24-44(58)62-8-2)50(66-52)48(60)36-15-19-40(54)20-16-36/h9-22,25-28H,7-8,23-24,29-30H2,1-6H3/q+2. The molecule has 8 nitrogen and oxygen atoms in total. The van der Waals surface area contributed by atoms with Crippen LogP contribution in [0.15, 0.2) is 127 Å². The van der Waals surface area contributed by atoms with Gasteiger partial charge in [0.15, 0.2) is 24.8 Å². The van der Waals surface area contributed by atoms with Crippen molar-refractivity contribution in [3.05, 3.63) is 184 Å². The molecule has 0 spiro atoms. The number of benzene rings is 3. The molecule has 0 aliphatic rings. The van der Waals surface area contributed by atoms with Crippen LogP contribution in [-0.2, 0) is 43.4 Å². The quantitative estimate of drug-likeness (QED) is 0.0363.